The molecule has 3 aromatic rings. The first-order valence-electron chi connectivity index (χ1n) is 7.63. The second-order valence-corrected chi connectivity index (χ2v) is 5.27. The molecule has 2 heterocycles. The summed E-state index contributed by atoms with van der Waals surface area (Å²) in [6.45, 7) is 1.65. The standard InChI is InChI=1S/C18H16N4O3/c1-12(23)22-14-6-4-13(5-7-14)18(24)21-11-15-17(20-9-8-19-15)16-3-2-10-25-16/h2-10H,11H2,1H3,(H,21,24)(H,22,23). The van der Waals surface area contributed by atoms with Crippen molar-refractivity contribution in [2.24, 2.45) is 0 Å². The number of aromatic nitrogens is 2. The Labute approximate surface area is 144 Å². The number of furan rings is 1. The zero-order chi connectivity index (χ0) is 17.6. The van der Waals surface area contributed by atoms with Crippen LogP contribution in [0, 0.1) is 0 Å². The van der Waals surface area contributed by atoms with Crippen molar-refractivity contribution < 1.29 is 14.0 Å². The number of hydrogen-bond donors (Lipinski definition) is 2. The van der Waals surface area contributed by atoms with Gasteiger partial charge in [0.2, 0.25) is 5.91 Å². The lowest BCUT2D eigenvalue weighted by atomic mass is 10.2. The number of rotatable bonds is 5. The molecular formula is C18H16N4O3. The molecule has 0 aliphatic heterocycles. The van der Waals surface area contributed by atoms with Crippen LogP contribution < -0.4 is 10.6 Å². The molecule has 25 heavy (non-hydrogen) atoms. The second-order valence-electron chi connectivity index (χ2n) is 5.27. The molecule has 2 amide bonds. The summed E-state index contributed by atoms with van der Waals surface area (Å²) in [5, 5.41) is 5.46. The Hall–Kier alpha value is -3.48. The fourth-order valence-electron chi connectivity index (χ4n) is 2.29. The van der Waals surface area contributed by atoms with E-state index in [1.54, 1.807) is 55.1 Å². The molecule has 7 heteroatoms. The molecule has 1 aromatic carbocycles. The van der Waals surface area contributed by atoms with Crippen LogP contribution in [0.15, 0.2) is 59.5 Å². The van der Waals surface area contributed by atoms with Crippen molar-refractivity contribution in [2.75, 3.05) is 5.32 Å². The normalized spacial score (nSPS) is 10.3. The van der Waals surface area contributed by atoms with Crippen molar-refractivity contribution in [3.63, 3.8) is 0 Å². The van der Waals surface area contributed by atoms with Gasteiger partial charge in [0.15, 0.2) is 5.76 Å². The van der Waals surface area contributed by atoms with Crippen LogP contribution in [0.4, 0.5) is 5.69 Å². The van der Waals surface area contributed by atoms with Gasteiger partial charge in [0, 0.05) is 30.6 Å². The van der Waals surface area contributed by atoms with E-state index in [0.29, 0.717) is 28.4 Å². The molecular weight excluding hydrogens is 320 g/mol. The Morgan fingerprint density at radius 3 is 2.52 bits per heavy atom. The van der Waals surface area contributed by atoms with E-state index in [9.17, 15) is 9.59 Å². The number of carbonyl (C=O) groups is 2. The molecule has 0 saturated carbocycles. The fourth-order valence-corrected chi connectivity index (χ4v) is 2.29. The average molecular weight is 336 g/mol. The quantitative estimate of drug-likeness (QED) is 0.746. The molecule has 7 nitrogen and oxygen atoms in total. The Bertz CT molecular complexity index is 874. The molecule has 0 saturated heterocycles. The van der Waals surface area contributed by atoms with Crippen molar-refractivity contribution in [3.8, 4) is 11.5 Å². The van der Waals surface area contributed by atoms with Crippen LogP contribution in [0.2, 0.25) is 0 Å². The van der Waals surface area contributed by atoms with Gasteiger partial charge in [0.1, 0.15) is 5.69 Å². The number of hydrogen-bond acceptors (Lipinski definition) is 5. The third-order valence-electron chi connectivity index (χ3n) is 3.41. The van der Waals surface area contributed by atoms with Gasteiger partial charge >= 0.3 is 0 Å². The van der Waals surface area contributed by atoms with Gasteiger partial charge in [-0.15, -0.1) is 0 Å². The van der Waals surface area contributed by atoms with Crippen molar-refractivity contribution in [2.45, 2.75) is 13.5 Å². The zero-order valence-electron chi connectivity index (χ0n) is 13.5. The fraction of sp³-hybridized carbons (Fsp3) is 0.111. The van der Waals surface area contributed by atoms with Crippen LogP contribution >= 0.6 is 0 Å². The zero-order valence-corrected chi connectivity index (χ0v) is 13.5. The van der Waals surface area contributed by atoms with Crippen molar-refractivity contribution >= 4 is 17.5 Å². The first-order chi connectivity index (χ1) is 12.1. The topological polar surface area (TPSA) is 97.1 Å². The molecule has 3 rings (SSSR count). The third-order valence-corrected chi connectivity index (χ3v) is 3.41. The molecule has 0 unspecified atom stereocenters. The van der Waals surface area contributed by atoms with Gasteiger partial charge in [-0.2, -0.15) is 0 Å². The van der Waals surface area contributed by atoms with E-state index in [0.717, 1.165) is 0 Å². The average Bonchev–Trinajstić information content (AvgIpc) is 3.14. The van der Waals surface area contributed by atoms with Crippen LogP contribution in [0.5, 0.6) is 0 Å². The van der Waals surface area contributed by atoms with Gasteiger partial charge in [0.05, 0.1) is 18.5 Å². The molecule has 0 spiro atoms. The SMILES string of the molecule is CC(=O)Nc1ccc(C(=O)NCc2nccnc2-c2ccco2)cc1. The summed E-state index contributed by atoms with van der Waals surface area (Å²) >= 11 is 0. The van der Waals surface area contributed by atoms with E-state index >= 15 is 0 Å². The number of nitrogens with one attached hydrogen (secondary N) is 2. The van der Waals surface area contributed by atoms with Gasteiger partial charge in [-0.05, 0) is 36.4 Å². The highest BCUT2D eigenvalue weighted by Gasteiger charge is 2.12. The number of amides is 2. The Kier molecular flexibility index (Phi) is 4.84. The largest absolute Gasteiger partial charge is 0.463 e. The summed E-state index contributed by atoms with van der Waals surface area (Å²) in [4.78, 5) is 31.8. The summed E-state index contributed by atoms with van der Waals surface area (Å²) in [7, 11) is 0. The van der Waals surface area contributed by atoms with E-state index in [4.69, 9.17) is 4.42 Å². The molecule has 126 valence electrons. The van der Waals surface area contributed by atoms with Crippen molar-refractivity contribution in [1.29, 1.82) is 0 Å². The highest BCUT2D eigenvalue weighted by molar-refractivity contribution is 5.95. The summed E-state index contributed by atoms with van der Waals surface area (Å²) in [5.74, 6) is 0.188. The molecule has 0 radical (unpaired) electrons. The first-order valence-corrected chi connectivity index (χ1v) is 7.63. The maximum Gasteiger partial charge on any atom is 0.251 e. The first kappa shape index (κ1) is 16.4. The molecule has 2 aromatic heterocycles. The lowest BCUT2D eigenvalue weighted by Gasteiger charge is -2.08. The van der Waals surface area contributed by atoms with E-state index in [2.05, 4.69) is 20.6 Å². The van der Waals surface area contributed by atoms with Crippen molar-refractivity contribution in [1.82, 2.24) is 15.3 Å². The van der Waals surface area contributed by atoms with Crippen LogP contribution in [0.1, 0.15) is 23.0 Å². The van der Waals surface area contributed by atoms with Gasteiger partial charge in [-0.25, -0.2) is 4.98 Å². The van der Waals surface area contributed by atoms with Crippen LogP contribution in [0.3, 0.4) is 0 Å². The number of anilines is 1. The Balaban J connectivity index is 1.68. The third kappa shape index (κ3) is 4.08. The number of nitrogens with zero attached hydrogens (tertiary/aromatic N) is 2. The lowest BCUT2D eigenvalue weighted by molar-refractivity contribution is -0.114. The lowest BCUT2D eigenvalue weighted by Crippen LogP contribution is -2.23. The number of carbonyl (C=O) groups excluding carboxylic acids is 2. The smallest absolute Gasteiger partial charge is 0.251 e. The minimum atomic E-state index is -0.245. The van der Waals surface area contributed by atoms with E-state index in [-0.39, 0.29) is 18.4 Å². The van der Waals surface area contributed by atoms with Gasteiger partial charge < -0.3 is 15.1 Å². The molecule has 2 N–H and O–H groups in total. The van der Waals surface area contributed by atoms with Crippen molar-refractivity contribution in [3.05, 3.63) is 66.3 Å². The number of benzene rings is 1. The predicted molar refractivity (Wildman–Crippen MR) is 91.6 cm³/mol. The van der Waals surface area contributed by atoms with Crippen LogP contribution in [-0.2, 0) is 11.3 Å². The van der Waals surface area contributed by atoms with E-state index < -0.39 is 0 Å². The minimum Gasteiger partial charge on any atom is -0.463 e. The predicted octanol–water partition coefficient (Wildman–Crippen LogP) is 2.63. The minimum absolute atomic E-state index is 0.162. The molecule has 0 fully saturated rings. The maximum atomic E-state index is 12.3. The van der Waals surface area contributed by atoms with Gasteiger partial charge in [-0.3, -0.25) is 14.6 Å². The molecule has 0 aliphatic rings. The Morgan fingerprint density at radius 2 is 1.84 bits per heavy atom. The van der Waals surface area contributed by atoms with Gasteiger partial charge in [-0.1, -0.05) is 0 Å². The summed E-state index contributed by atoms with van der Waals surface area (Å²) in [6, 6.07) is 10.2. The molecule has 0 aliphatic carbocycles. The van der Waals surface area contributed by atoms with Crippen LogP contribution in [0.25, 0.3) is 11.5 Å². The van der Waals surface area contributed by atoms with E-state index in [1.807, 2.05) is 0 Å². The summed E-state index contributed by atoms with van der Waals surface area (Å²) in [6.07, 6.45) is 4.70. The second kappa shape index (κ2) is 7.39. The van der Waals surface area contributed by atoms with E-state index in [1.165, 1.54) is 6.92 Å². The Morgan fingerprint density at radius 1 is 1.08 bits per heavy atom. The molecule has 0 atom stereocenters. The summed E-state index contributed by atoms with van der Waals surface area (Å²) in [5.41, 5.74) is 2.32. The van der Waals surface area contributed by atoms with Gasteiger partial charge in [0.25, 0.3) is 5.91 Å². The van der Waals surface area contributed by atoms with Crippen LogP contribution in [-0.4, -0.2) is 21.8 Å². The highest BCUT2D eigenvalue weighted by Crippen LogP contribution is 2.19. The highest BCUT2D eigenvalue weighted by atomic mass is 16.3. The maximum absolute atomic E-state index is 12.3. The summed E-state index contributed by atoms with van der Waals surface area (Å²) < 4.78 is 5.35. The monoisotopic (exact) mass is 336 g/mol. The molecule has 0 bridgehead atoms.